The van der Waals surface area contributed by atoms with E-state index < -0.39 is 6.04 Å². The summed E-state index contributed by atoms with van der Waals surface area (Å²) in [5.74, 6) is 0.360. The molecule has 0 heterocycles. The molecule has 6 heteroatoms. The summed E-state index contributed by atoms with van der Waals surface area (Å²) in [6.45, 7) is 5.24. The van der Waals surface area contributed by atoms with Gasteiger partial charge in [-0.2, -0.15) is 0 Å². The van der Waals surface area contributed by atoms with Crippen molar-refractivity contribution in [3.05, 3.63) is 28.8 Å². The fourth-order valence-electron chi connectivity index (χ4n) is 2.16. The Bertz CT molecular complexity index is 576. The molecule has 1 aromatic carbocycles. The Hall–Kier alpha value is -1.75. The van der Waals surface area contributed by atoms with Crippen LogP contribution in [0.2, 0.25) is 5.02 Å². The van der Waals surface area contributed by atoms with Crippen LogP contribution in [-0.4, -0.2) is 50.6 Å². The molecular weight excluding hydrogens is 352 g/mol. The van der Waals surface area contributed by atoms with Crippen molar-refractivity contribution in [3.63, 3.8) is 0 Å². The standard InChI is InChI=1S/C20H31ClN2O3/c1-5-7-11-25-19-10-9-16(13-17(19)21)14-18(22-15-23(3)4)20(24)26-12-8-6-2/h9-10,13,15,18H,5-8,11-12,14H2,1-4H3. The van der Waals surface area contributed by atoms with Crippen molar-refractivity contribution in [2.24, 2.45) is 4.99 Å². The van der Waals surface area contributed by atoms with E-state index in [1.807, 2.05) is 32.3 Å². The number of unbranched alkanes of at least 4 members (excludes halogenated alkanes) is 2. The highest BCUT2D eigenvalue weighted by Gasteiger charge is 2.20. The Kier molecular flexibility index (Phi) is 10.8. The van der Waals surface area contributed by atoms with Crippen molar-refractivity contribution < 1.29 is 14.3 Å². The van der Waals surface area contributed by atoms with Crippen molar-refractivity contribution in [1.82, 2.24) is 4.90 Å². The number of nitrogens with zero attached hydrogens (tertiary/aromatic N) is 2. The van der Waals surface area contributed by atoms with Crippen molar-refractivity contribution in [1.29, 1.82) is 0 Å². The van der Waals surface area contributed by atoms with Gasteiger partial charge in [0.05, 0.1) is 24.6 Å². The van der Waals surface area contributed by atoms with Crippen LogP contribution in [0.15, 0.2) is 23.2 Å². The minimum atomic E-state index is -0.586. The van der Waals surface area contributed by atoms with Gasteiger partial charge in [0, 0.05) is 20.5 Å². The number of benzene rings is 1. The molecule has 26 heavy (non-hydrogen) atoms. The van der Waals surface area contributed by atoms with Crippen molar-refractivity contribution in [2.75, 3.05) is 27.3 Å². The molecule has 0 aliphatic heterocycles. The molecule has 1 rings (SSSR count). The Labute approximate surface area is 162 Å². The van der Waals surface area contributed by atoms with Crippen LogP contribution >= 0.6 is 11.6 Å². The third-order valence-corrected chi connectivity index (χ3v) is 3.97. The molecule has 1 atom stereocenters. The van der Waals surface area contributed by atoms with E-state index in [2.05, 4.69) is 18.8 Å². The van der Waals surface area contributed by atoms with Crippen LogP contribution in [0.5, 0.6) is 5.75 Å². The maximum Gasteiger partial charge on any atom is 0.331 e. The van der Waals surface area contributed by atoms with E-state index in [-0.39, 0.29) is 5.97 Å². The van der Waals surface area contributed by atoms with Gasteiger partial charge in [-0.25, -0.2) is 4.79 Å². The van der Waals surface area contributed by atoms with Gasteiger partial charge in [-0.05, 0) is 30.5 Å². The summed E-state index contributed by atoms with van der Waals surface area (Å²) in [7, 11) is 3.73. The Morgan fingerprint density at radius 1 is 1.23 bits per heavy atom. The van der Waals surface area contributed by atoms with E-state index in [1.165, 1.54) is 0 Å². The molecule has 0 saturated heterocycles. The van der Waals surface area contributed by atoms with Gasteiger partial charge in [-0.1, -0.05) is 44.4 Å². The third kappa shape index (κ3) is 8.56. The van der Waals surface area contributed by atoms with Crippen LogP contribution in [0.3, 0.4) is 0 Å². The lowest BCUT2D eigenvalue weighted by molar-refractivity contribution is -0.145. The van der Waals surface area contributed by atoms with Crippen LogP contribution < -0.4 is 4.74 Å². The molecule has 0 aliphatic rings. The first-order chi connectivity index (χ1) is 12.5. The zero-order valence-corrected chi connectivity index (χ0v) is 17.1. The van der Waals surface area contributed by atoms with Crippen LogP contribution in [0.1, 0.15) is 45.1 Å². The zero-order valence-electron chi connectivity index (χ0n) is 16.3. The molecule has 0 spiro atoms. The second-order valence-corrected chi connectivity index (χ2v) is 6.84. The second-order valence-electron chi connectivity index (χ2n) is 6.44. The van der Waals surface area contributed by atoms with Gasteiger partial charge in [-0.3, -0.25) is 4.99 Å². The third-order valence-electron chi connectivity index (χ3n) is 3.67. The number of ether oxygens (including phenoxy) is 2. The second kappa shape index (κ2) is 12.6. The molecule has 1 unspecified atom stereocenters. The van der Waals surface area contributed by atoms with E-state index in [1.54, 1.807) is 11.2 Å². The smallest absolute Gasteiger partial charge is 0.331 e. The highest BCUT2D eigenvalue weighted by atomic mass is 35.5. The molecular formula is C20H31ClN2O3. The number of esters is 1. The molecule has 0 bridgehead atoms. The minimum absolute atomic E-state index is 0.309. The molecule has 0 aromatic heterocycles. The normalized spacial score (nSPS) is 12.2. The highest BCUT2D eigenvalue weighted by molar-refractivity contribution is 6.32. The Balaban J connectivity index is 2.79. The first-order valence-electron chi connectivity index (χ1n) is 9.25. The molecule has 5 nitrogen and oxygen atoms in total. The number of carbonyl (C=O) groups excluding carboxylic acids is 1. The summed E-state index contributed by atoms with van der Waals surface area (Å²) in [6.07, 6.45) is 5.96. The maximum atomic E-state index is 12.3. The quantitative estimate of drug-likeness (QED) is 0.233. The van der Waals surface area contributed by atoms with E-state index in [9.17, 15) is 4.79 Å². The summed E-state index contributed by atoms with van der Waals surface area (Å²) in [6, 6.07) is 5.02. The highest BCUT2D eigenvalue weighted by Crippen LogP contribution is 2.26. The SMILES string of the molecule is CCCCOC(=O)C(Cc1ccc(OCCCC)c(Cl)c1)N=CN(C)C. The lowest BCUT2D eigenvalue weighted by Gasteiger charge is -2.15. The predicted octanol–water partition coefficient (Wildman–Crippen LogP) is 4.36. The van der Waals surface area contributed by atoms with Gasteiger partial charge in [0.2, 0.25) is 0 Å². The Morgan fingerprint density at radius 2 is 1.92 bits per heavy atom. The molecule has 0 fully saturated rings. The molecule has 0 saturated carbocycles. The minimum Gasteiger partial charge on any atom is -0.492 e. The topological polar surface area (TPSA) is 51.1 Å². The van der Waals surface area contributed by atoms with E-state index in [4.69, 9.17) is 21.1 Å². The number of halogens is 1. The molecule has 0 radical (unpaired) electrons. The van der Waals surface area contributed by atoms with E-state index >= 15 is 0 Å². The van der Waals surface area contributed by atoms with Crippen LogP contribution in [0.4, 0.5) is 0 Å². The maximum absolute atomic E-state index is 12.3. The van der Waals surface area contributed by atoms with Crippen LogP contribution in [0.25, 0.3) is 0 Å². The lowest BCUT2D eigenvalue weighted by Crippen LogP contribution is -2.26. The van der Waals surface area contributed by atoms with Crippen LogP contribution in [-0.2, 0) is 16.0 Å². The average molecular weight is 383 g/mol. The average Bonchev–Trinajstić information content (AvgIpc) is 2.60. The summed E-state index contributed by atoms with van der Waals surface area (Å²) < 4.78 is 11.0. The van der Waals surface area contributed by atoms with Crippen molar-refractivity contribution >= 4 is 23.9 Å². The van der Waals surface area contributed by atoms with Gasteiger partial charge in [-0.15, -0.1) is 0 Å². The lowest BCUT2D eigenvalue weighted by atomic mass is 10.1. The fraction of sp³-hybridized carbons (Fsp3) is 0.600. The van der Waals surface area contributed by atoms with Gasteiger partial charge in [0.1, 0.15) is 5.75 Å². The zero-order chi connectivity index (χ0) is 19.4. The number of hydrogen-bond acceptors (Lipinski definition) is 4. The summed E-state index contributed by atoms with van der Waals surface area (Å²) in [5, 5.41) is 0.549. The summed E-state index contributed by atoms with van der Waals surface area (Å²) >= 11 is 6.31. The number of carbonyl (C=O) groups is 1. The van der Waals surface area contributed by atoms with Gasteiger partial charge in [0.15, 0.2) is 6.04 Å². The predicted molar refractivity (Wildman–Crippen MR) is 107 cm³/mol. The fourth-order valence-corrected chi connectivity index (χ4v) is 2.42. The van der Waals surface area contributed by atoms with Crippen molar-refractivity contribution in [2.45, 2.75) is 52.0 Å². The first-order valence-corrected chi connectivity index (χ1v) is 9.63. The van der Waals surface area contributed by atoms with E-state index in [0.29, 0.717) is 30.4 Å². The first kappa shape index (κ1) is 22.3. The molecule has 1 aromatic rings. The molecule has 0 aliphatic carbocycles. The largest absolute Gasteiger partial charge is 0.492 e. The van der Waals surface area contributed by atoms with Gasteiger partial charge >= 0.3 is 5.97 Å². The monoisotopic (exact) mass is 382 g/mol. The van der Waals surface area contributed by atoms with Gasteiger partial charge < -0.3 is 14.4 Å². The van der Waals surface area contributed by atoms with E-state index in [0.717, 1.165) is 31.2 Å². The van der Waals surface area contributed by atoms with Gasteiger partial charge in [0.25, 0.3) is 0 Å². The summed E-state index contributed by atoms with van der Waals surface area (Å²) in [5.41, 5.74) is 0.922. The number of aliphatic imine (C=N–C) groups is 1. The summed E-state index contributed by atoms with van der Waals surface area (Å²) in [4.78, 5) is 18.5. The van der Waals surface area contributed by atoms with Crippen LogP contribution in [0, 0.1) is 0 Å². The molecule has 0 amide bonds. The number of rotatable bonds is 12. The molecule has 146 valence electrons. The van der Waals surface area contributed by atoms with Crippen molar-refractivity contribution in [3.8, 4) is 5.75 Å². The molecule has 0 N–H and O–H groups in total. The number of hydrogen-bond donors (Lipinski definition) is 0. The Morgan fingerprint density at radius 3 is 2.54 bits per heavy atom.